The Labute approximate surface area is 106 Å². The molecule has 1 aromatic rings. The van der Waals surface area contributed by atoms with Gasteiger partial charge in [0.1, 0.15) is 0 Å². The molecule has 0 spiro atoms. The van der Waals surface area contributed by atoms with Crippen molar-refractivity contribution in [1.29, 1.82) is 0 Å². The van der Waals surface area contributed by atoms with Gasteiger partial charge >= 0.3 is 0 Å². The fourth-order valence-corrected chi connectivity index (χ4v) is 5.94. The summed E-state index contributed by atoms with van der Waals surface area (Å²) in [6, 6.07) is 6.31. The SMILES string of the molecule is Nc1cccc(NS(=O)(=O)C2CCS(=O)(=O)C2)c1. The summed E-state index contributed by atoms with van der Waals surface area (Å²) in [6.07, 6.45) is 0.139. The Hall–Kier alpha value is -1.28. The van der Waals surface area contributed by atoms with Crippen molar-refractivity contribution in [3.8, 4) is 0 Å². The van der Waals surface area contributed by atoms with E-state index in [-0.39, 0.29) is 17.9 Å². The average molecular weight is 290 g/mol. The number of anilines is 2. The van der Waals surface area contributed by atoms with Gasteiger partial charge < -0.3 is 5.73 Å². The summed E-state index contributed by atoms with van der Waals surface area (Å²) in [5.41, 5.74) is 6.33. The van der Waals surface area contributed by atoms with Crippen molar-refractivity contribution < 1.29 is 16.8 Å². The second-order valence-electron chi connectivity index (χ2n) is 4.30. The lowest BCUT2D eigenvalue weighted by molar-refractivity contribution is 0.587. The van der Waals surface area contributed by atoms with Crippen LogP contribution in [-0.2, 0) is 19.9 Å². The van der Waals surface area contributed by atoms with E-state index in [4.69, 9.17) is 5.73 Å². The highest BCUT2D eigenvalue weighted by Gasteiger charge is 2.37. The third-order valence-electron chi connectivity index (χ3n) is 2.78. The minimum absolute atomic E-state index is 0.0739. The minimum atomic E-state index is -3.69. The van der Waals surface area contributed by atoms with Crippen LogP contribution in [-0.4, -0.2) is 33.6 Å². The summed E-state index contributed by atoms with van der Waals surface area (Å²) in [4.78, 5) is 0. The van der Waals surface area contributed by atoms with E-state index in [0.717, 1.165) is 0 Å². The Morgan fingerprint density at radius 3 is 2.61 bits per heavy atom. The van der Waals surface area contributed by atoms with Crippen molar-refractivity contribution in [3.05, 3.63) is 24.3 Å². The maximum Gasteiger partial charge on any atom is 0.236 e. The van der Waals surface area contributed by atoms with Crippen molar-refractivity contribution in [2.24, 2.45) is 0 Å². The van der Waals surface area contributed by atoms with Crippen LogP contribution in [0, 0.1) is 0 Å². The Bertz CT molecular complexity index is 652. The smallest absolute Gasteiger partial charge is 0.236 e. The first-order valence-corrected chi connectivity index (χ1v) is 8.73. The lowest BCUT2D eigenvalue weighted by Gasteiger charge is -2.12. The van der Waals surface area contributed by atoms with Crippen LogP contribution in [0.5, 0.6) is 0 Å². The Morgan fingerprint density at radius 1 is 1.33 bits per heavy atom. The third kappa shape index (κ3) is 2.94. The summed E-state index contributed by atoms with van der Waals surface area (Å²) < 4.78 is 48.9. The molecule has 1 unspecified atom stereocenters. The molecule has 0 aromatic heterocycles. The van der Waals surface area contributed by atoms with E-state index >= 15 is 0 Å². The number of benzene rings is 1. The highest BCUT2D eigenvalue weighted by atomic mass is 32.2. The maximum absolute atomic E-state index is 12.0. The van der Waals surface area contributed by atoms with Gasteiger partial charge in [-0.1, -0.05) is 6.07 Å². The first-order valence-electron chi connectivity index (χ1n) is 5.36. The third-order valence-corrected chi connectivity index (χ3v) is 6.56. The van der Waals surface area contributed by atoms with Gasteiger partial charge in [0, 0.05) is 5.69 Å². The lowest BCUT2D eigenvalue weighted by Crippen LogP contribution is -2.28. The molecule has 1 aromatic carbocycles. The van der Waals surface area contributed by atoms with Crippen molar-refractivity contribution in [1.82, 2.24) is 0 Å². The highest BCUT2D eigenvalue weighted by molar-refractivity contribution is 7.97. The quantitative estimate of drug-likeness (QED) is 0.773. The molecule has 0 bridgehead atoms. The predicted octanol–water partition coefficient (Wildman–Crippen LogP) is 0.198. The van der Waals surface area contributed by atoms with Crippen molar-refractivity contribution in [2.75, 3.05) is 22.0 Å². The summed E-state index contributed by atoms with van der Waals surface area (Å²) in [7, 11) is -6.91. The van der Waals surface area contributed by atoms with Gasteiger partial charge in [-0.05, 0) is 24.6 Å². The van der Waals surface area contributed by atoms with Gasteiger partial charge in [0.15, 0.2) is 9.84 Å². The Kier molecular flexibility index (Phi) is 3.24. The van der Waals surface area contributed by atoms with Crippen LogP contribution in [0.15, 0.2) is 24.3 Å². The molecule has 1 fully saturated rings. The Balaban J connectivity index is 2.18. The number of hydrogen-bond acceptors (Lipinski definition) is 5. The van der Waals surface area contributed by atoms with Gasteiger partial charge in [0.25, 0.3) is 0 Å². The maximum atomic E-state index is 12.0. The molecule has 1 aliphatic heterocycles. The fourth-order valence-electron chi connectivity index (χ4n) is 1.86. The monoisotopic (exact) mass is 290 g/mol. The largest absolute Gasteiger partial charge is 0.399 e. The first kappa shape index (κ1) is 13.2. The van der Waals surface area contributed by atoms with E-state index in [0.29, 0.717) is 11.4 Å². The van der Waals surface area contributed by atoms with Gasteiger partial charge in [0.2, 0.25) is 10.0 Å². The van der Waals surface area contributed by atoms with Crippen LogP contribution in [0.4, 0.5) is 11.4 Å². The van der Waals surface area contributed by atoms with Crippen LogP contribution in [0.2, 0.25) is 0 Å². The van der Waals surface area contributed by atoms with Crippen molar-refractivity contribution in [2.45, 2.75) is 11.7 Å². The van der Waals surface area contributed by atoms with E-state index in [9.17, 15) is 16.8 Å². The van der Waals surface area contributed by atoms with E-state index < -0.39 is 25.1 Å². The fraction of sp³-hybridized carbons (Fsp3) is 0.400. The van der Waals surface area contributed by atoms with E-state index in [1.54, 1.807) is 18.2 Å². The molecular weight excluding hydrogens is 276 g/mol. The summed E-state index contributed by atoms with van der Waals surface area (Å²) in [5.74, 6) is -0.389. The molecule has 0 aliphatic carbocycles. The molecule has 18 heavy (non-hydrogen) atoms. The van der Waals surface area contributed by atoms with Gasteiger partial charge in [-0.25, -0.2) is 16.8 Å². The summed E-state index contributed by atoms with van der Waals surface area (Å²) in [5, 5.41) is -0.885. The van der Waals surface area contributed by atoms with Crippen LogP contribution in [0.1, 0.15) is 6.42 Å². The molecule has 0 saturated carbocycles. The zero-order valence-electron chi connectivity index (χ0n) is 9.53. The molecule has 1 heterocycles. The molecule has 0 amide bonds. The molecule has 6 nitrogen and oxygen atoms in total. The number of nitrogens with one attached hydrogen (secondary N) is 1. The average Bonchev–Trinajstić information content (AvgIpc) is 2.59. The predicted molar refractivity (Wildman–Crippen MR) is 70.5 cm³/mol. The zero-order valence-corrected chi connectivity index (χ0v) is 11.2. The van der Waals surface area contributed by atoms with Crippen LogP contribution >= 0.6 is 0 Å². The summed E-state index contributed by atoms with van der Waals surface area (Å²) >= 11 is 0. The van der Waals surface area contributed by atoms with Crippen LogP contribution in [0.3, 0.4) is 0 Å². The second kappa shape index (κ2) is 4.43. The molecule has 0 radical (unpaired) electrons. The van der Waals surface area contributed by atoms with Crippen molar-refractivity contribution >= 4 is 31.2 Å². The molecule has 1 aliphatic rings. The second-order valence-corrected chi connectivity index (χ2v) is 8.49. The number of nitrogens with two attached hydrogens (primary N) is 1. The normalized spacial score (nSPS) is 22.8. The highest BCUT2D eigenvalue weighted by Crippen LogP contribution is 2.22. The number of rotatable bonds is 3. The number of hydrogen-bond donors (Lipinski definition) is 2. The molecule has 8 heteroatoms. The van der Waals surface area contributed by atoms with Gasteiger partial charge in [-0.3, -0.25) is 4.72 Å². The van der Waals surface area contributed by atoms with Gasteiger partial charge in [0.05, 0.1) is 22.4 Å². The summed E-state index contributed by atoms with van der Waals surface area (Å²) in [6.45, 7) is 0. The van der Waals surface area contributed by atoms with Crippen LogP contribution in [0.25, 0.3) is 0 Å². The minimum Gasteiger partial charge on any atom is -0.399 e. The Morgan fingerprint density at radius 2 is 2.06 bits per heavy atom. The molecule has 100 valence electrons. The number of sulfone groups is 1. The zero-order chi connectivity index (χ0) is 13.4. The number of nitrogen functional groups attached to an aromatic ring is 1. The van der Waals surface area contributed by atoms with Gasteiger partial charge in [-0.2, -0.15) is 0 Å². The molecular formula is C10H14N2O4S2. The molecule has 1 atom stereocenters. The van der Waals surface area contributed by atoms with Gasteiger partial charge in [-0.15, -0.1) is 0 Å². The standard InChI is InChI=1S/C10H14N2O4S2/c11-8-2-1-3-9(6-8)12-18(15,16)10-4-5-17(13,14)7-10/h1-3,6,10,12H,4-5,7,11H2. The molecule has 3 N–H and O–H groups in total. The topological polar surface area (TPSA) is 106 Å². The van der Waals surface area contributed by atoms with E-state index in [1.165, 1.54) is 6.07 Å². The molecule has 2 rings (SSSR count). The lowest BCUT2D eigenvalue weighted by atomic mass is 10.3. The first-order chi connectivity index (χ1) is 8.28. The molecule has 1 saturated heterocycles. The van der Waals surface area contributed by atoms with E-state index in [2.05, 4.69) is 4.72 Å². The number of sulfonamides is 1. The van der Waals surface area contributed by atoms with Crippen LogP contribution < -0.4 is 10.5 Å². The van der Waals surface area contributed by atoms with Crippen molar-refractivity contribution in [3.63, 3.8) is 0 Å². The van der Waals surface area contributed by atoms with E-state index in [1.807, 2.05) is 0 Å².